The van der Waals surface area contributed by atoms with E-state index >= 15 is 0 Å². The Morgan fingerprint density at radius 1 is 1.03 bits per heavy atom. The van der Waals surface area contributed by atoms with E-state index in [2.05, 4.69) is 28.6 Å². The third-order valence-corrected chi connectivity index (χ3v) is 5.71. The second-order valence-electron chi connectivity index (χ2n) is 7.78. The van der Waals surface area contributed by atoms with Crippen LogP contribution in [-0.4, -0.2) is 28.8 Å². The van der Waals surface area contributed by atoms with Gasteiger partial charge in [0.25, 0.3) is 5.56 Å². The molecule has 0 atom stereocenters. The maximum absolute atomic E-state index is 12.6. The molecule has 1 saturated heterocycles. The van der Waals surface area contributed by atoms with Crippen LogP contribution in [0.3, 0.4) is 0 Å². The maximum Gasteiger partial charge on any atom is 0.274 e. The molecule has 0 saturated carbocycles. The number of carbonyl (C=O) groups is 1. The number of aryl methyl sites for hydroxylation is 1. The largest absolute Gasteiger partial charge is 0.352 e. The number of nitrogens with one attached hydrogen (secondary N) is 2. The number of nitrogens with zero attached hydrogens (tertiary/aromatic N) is 2. The predicted octanol–water partition coefficient (Wildman–Crippen LogP) is 0.971. The van der Waals surface area contributed by atoms with E-state index in [0.717, 1.165) is 11.9 Å². The molecule has 4 rings (SSSR count). The summed E-state index contributed by atoms with van der Waals surface area (Å²) < 4.78 is 1.30. The van der Waals surface area contributed by atoms with E-state index in [1.165, 1.54) is 41.7 Å². The second kappa shape index (κ2) is 8.57. The molecule has 1 fully saturated rings. The zero-order valence-electron chi connectivity index (χ0n) is 16.8. The molecule has 6 nitrogen and oxygen atoms in total. The fourth-order valence-corrected chi connectivity index (χ4v) is 4.14. The van der Waals surface area contributed by atoms with Gasteiger partial charge in [0.05, 0.1) is 30.6 Å². The lowest BCUT2D eigenvalue weighted by Crippen LogP contribution is -3.08. The van der Waals surface area contributed by atoms with Gasteiger partial charge >= 0.3 is 0 Å². The number of carbonyl (C=O) groups excluding carboxylic acids is 1. The van der Waals surface area contributed by atoms with Crippen molar-refractivity contribution < 1.29 is 9.69 Å². The lowest BCUT2D eigenvalue weighted by molar-refractivity contribution is -0.901. The fraction of sp³-hybridized carbons (Fsp3) is 0.348. The molecule has 2 aromatic carbocycles. The van der Waals surface area contributed by atoms with Crippen LogP contribution < -0.4 is 15.8 Å². The van der Waals surface area contributed by atoms with Crippen LogP contribution in [0.1, 0.15) is 29.7 Å². The highest BCUT2D eigenvalue weighted by atomic mass is 16.1. The van der Waals surface area contributed by atoms with Gasteiger partial charge in [0.2, 0.25) is 5.91 Å². The van der Waals surface area contributed by atoms with Gasteiger partial charge in [0, 0.05) is 37.4 Å². The molecule has 0 bridgehead atoms. The zero-order valence-corrected chi connectivity index (χ0v) is 16.8. The molecule has 29 heavy (non-hydrogen) atoms. The minimum Gasteiger partial charge on any atom is -0.352 e. The molecule has 1 aliphatic rings. The van der Waals surface area contributed by atoms with Gasteiger partial charge in [-0.1, -0.05) is 42.5 Å². The molecule has 0 aliphatic carbocycles. The van der Waals surface area contributed by atoms with Crippen molar-refractivity contribution in [3.05, 3.63) is 75.7 Å². The van der Waals surface area contributed by atoms with Crippen LogP contribution in [0.25, 0.3) is 10.8 Å². The summed E-state index contributed by atoms with van der Waals surface area (Å²) >= 11 is 0. The van der Waals surface area contributed by atoms with Crippen molar-refractivity contribution >= 4 is 16.7 Å². The Kier molecular flexibility index (Phi) is 5.71. The van der Waals surface area contributed by atoms with E-state index in [4.69, 9.17) is 0 Å². The number of amides is 1. The van der Waals surface area contributed by atoms with E-state index in [-0.39, 0.29) is 17.9 Å². The summed E-state index contributed by atoms with van der Waals surface area (Å²) in [6, 6.07) is 15.6. The molecule has 1 amide bonds. The Labute approximate surface area is 170 Å². The average molecular weight is 391 g/mol. The van der Waals surface area contributed by atoms with Crippen molar-refractivity contribution in [3.8, 4) is 0 Å². The normalized spacial score (nSPS) is 14.4. The first kappa shape index (κ1) is 19.3. The van der Waals surface area contributed by atoms with Crippen molar-refractivity contribution in [2.75, 3.05) is 13.1 Å². The molecule has 3 aromatic rings. The molecule has 2 heterocycles. The molecule has 150 valence electrons. The van der Waals surface area contributed by atoms with Crippen molar-refractivity contribution in [2.45, 2.75) is 32.4 Å². The van der Waals surface area contributed by atoms with E-state index in [9.17, 15) is 9.59 Å². The van der Waals surface area contributed by atoms with Crippen LogP contribution >= 0.6 is 0 Å². The van der Waals surface area contributed by atoms with Crippen LogP contribution in [0.2, 0.25) is 0 Å². The highest BCUT2D eigenvalue weighted by molar-refractivity contribution is 5.88. The standard InChI is InChI=1S/C23H26N4O2/c1-26-23(29)20-11-5-4-10-19(20)21(25-26)14-22(28)24-15-17-8-2-3-9-18(17)16-27-12-6-7-13-27/h2-5,8-11H,6-7,12-16H2,1H3,(H,24,28)/p+1. The first-order chi connectivity index (χ1) is 14.1. The molecule has 1 aromatic heterocycles. The molecular formula is C23H27N4O2+. The SMILES string of the molecule is Cn1nc(CC(=O)NCc2ccccc2C[NH+]2CCCC2)c2ccccc2c1=O. The van der Waals surface area contributed by atoms with Gasteiger partial charge in [0.15, 0.2) is 0 Å². The second-order valence-corrected chi connectivity index (χ2v) is 7.78. The van der Waals surface area contributed by atoms with Crippen molar-refractivity contribution in [1.29, 1.82) is 0 Å². The highest BCUT2D eigenvalue weighted by Gasteiger charge is 2.17. The Bertz CT molecular complexity index is 1080. The Morgan fingerprint density at radius 2 is 1.69 bits per heavy atom. The van der Waals surface area contributed by atoms with Crippen molar-refractivity contribution in [1.82, 2.24) is 15.1 Å². The third-order valence-electron chi connectivity index (χ3n) is 5.71. The average Bonchev–Trinajstić information content (AvgIpc) is 3.24. The number of aromatic nitrogens is 2. The van der Waals surface area contributed by atoms with Crippen molar-refractivity contribution in [3.63, 3.8) is 0 Å². The van der Waals surface area contributed by atoms with E-state index in [1.807, 2.05) is 24.3 Å². The molecule has 0 spiro atoms. The fourth-order valence-electron chi connectivity index (χ4n) is 4.14. The Balaban J connectivity index is 1.46. The van der Waals surface area contributed by atoms with Gasteiger partial charge in [-0.3, -0.25) is 9.59 Å². The predicted molar refractivity (Wildman–Crippen MR) is 113 cm³/mol. The monoisotopic (exact) mass is 391 g/mol. The number of likely N-dealkylation sites (tertiary alicyclic amines) is 1. The number of hydrogen-bond acceptors (Lipinski definition) is 3. The summed E-state index contributed by atoms with van der Waals surface area (Å²) in [7, 11) is 1.62. The topological polar surface area (TPSA) is 68.4 Å². The Hall–Kier alpha value is -2.99. The first-order valence-electron chi connectivity index (χ1n) is 10.2. The van der Waals surface area contributed by atoms with Crippen LogP contribution in [0.15, 0.2) is 53.3 Å². The van der Waals surface area contributed by atoms with Crippen LogP contribution in [-0.2, 0) is 31.4 Å². The lowest BCUT2D eigenvalue weighted by atomic mass is 10.1. The quantitative estimate of drug-likeness (QED) is 0.658. The summed E-state index contributed by atoms with van der Waals surface area (Å²) in [6.07, 6.45) is 2.75. The van der Waals surface area contributed by atoms with Crippen LogP contribution in [0.5, 0.6) is 0 Å². The zero-order chi connectivity index (χ0) is 20.2. The van der Waals surface area contributed by atoms with Gasteiger partial charge in [0.1, 0.15) is 6.54 Å². The maximum atomic E-state index is 12.6. The summed E-state index contributed by atoms with van der Waals surface area (Å²) in [6.45, 7) is 3.98. The molecular weight excluding hydrogens is 364 g/mol. The van der Waals surface area contributed by atoms with Gasteiger partial charge in [-0.05, 0) is 11.6 Å². The van der Waals surface area contributed by atoms with Crippen LogP contribution in [0.4, 0.5) is 0 Å². The van der Waals surface area contributed by atoms with Gasteiger partial charge in [-0.2, -0.15) is 5.10 Å². The van der Waals surface area contributed by atoms with Gasteiger partial charge in [-0.25, -0.2) is 4.68 Å². The minimum absolute atomic E-state index is 0.0929. The first-order valence-corrected chi connectivity index (χ1v) is 10.2. The molecule has 6 heteroatoms. The Morgan fingerprint density at radius 3 is 2.45 bits per heavy atom. The molecule has 1 aliphatic heterocycles. The van der Waals surface area contributed by atoms with E-state index in [1.54, 1.807) is 18.0 Å². The van der Waals surface area contributed by atoms with Gasteiger partial charge < -0.3 is 10.2 Å². The third kappa shape index (κ3) is 4.38. The summed E-state index contributed by atoms with van der Waals surface area (Å²) in [5.74, 6) is -0.0929. The number of fused-ring (bicyclic) bond motifs is 1. The smallest absolute Gasteiger partial charge is 0.274 e. The van der Waals surface area contributed by atoms with E-state index in [0.29, 0.717) is 17.6 Å². The van der Waals surface area contributed by atoms with Gasteiger partial charge in [-0.15, -0.1) is 0 Å². The summed E-state index contributed by atoms with van der Waals surface area (Å²) in [5.41, 5.74) is 2.94. The molecule has 2 N–H and O–H groups in total. The summed E-state index contributed by atoms with van der Waals surface area (Å²) in [5, 5.41) is 8.69. The summed E-state index contributed by atoms with van der Waals surface area (Å²) in [4.78, 5) is 26.5. The highest BCUT2D eigenvalue weighted by Crippen LogP contribution is 2.14. The molecule has 0 unspecified atom stereocenters. The van der Waals surface area contributed by atoms with Crippen molar-refractivity contribution in [2.24, 2.45) is 7.05 Å². The number of quaternary nitrogens is 1. The van der Waals surface area contributed by atoms with E-state index < -0.39 is 0 Å². The number of benzene rings is 2. The van der Waals surface area contributed by atoms with Crippen LogP contribution in [0, 0.1) is 0 Å². The lowest BCUT2D eigenvalue weighted by Gasteiger charge is -2.15. The molecule has 0 radical (unpaired) electrons. The number of hydrogen-bond donors (Lipinski definition) is 2. The minimum atomic E-state index is -0.150. The number of rotatable bonds is 6.